The molecule has 0 saturated carbocycles. The lowest BCUT2D eigenvalue weighted by Crippen LogP contribution is -2.68. The average molecular weight is 675 g/mol. The number of benzene rings is 4. The number of fused-ring (bicyclic) bond motifs is 2. The van der Waals surface area contributed by atoms with Gasteiger partial charge in [-0.05, 0) is 66.1 Å². The van der Waals surface area contributed by atoms with E-state index in [0.29, 0.717) is 43.6 Å². The van der Waals surface area contributed by atoms with Gasteiger partial charge < -0.3 is 19.3 Å². The number of hydrogen-bond acceptors (Lipinski definition) is 9. The van der Waals surface area contributed by atoms with Crippen molar-refractivity contribution in [2.45, 2.75) is 37.1 Å². The predicted molar refractivity (Wildman–Crippen MR) is 191 cm³/mol. The van der Waals surface area contributed by atoms with Crippen LogP contribution in [0, 0.1) is 13.5 Å². The molecule has 0 aliphatic carbocycles. The van der Waals surface area contributed by atoms with E-state index in [1.807, 2.05) is 84.6 Å². The Morgan fingerprint density at radius 3 is 2.10 bits per heavy atom. The summed E-state index contributed by atoms with van der Waals surface area (Å²) >= 11 is 0. The zero-order valence-electron chi connectivity index (χ0n) is 27.8. The second kappa shape index (κ2) is 13.0. The standard InChI is InChI=1S/C38H38N6O4S/c1-27-9-18-34-33(21-27)36(41-37(40-34)42-19-20-49(45,46)35-8-6-5-7-30(35)24-42)43-25-38(26-43,39-2)44(22-28-10-14-31(47-3)15-11-28)23-29-12-16-32(48-4)17-13-29/h5-18,21H,19-20,22-26H2,1,3-4H3. The topological polar surface area (TPSA) is 92.5 Å². The van der Waals surface area contributed by atoms with E-state index in [2.05, 4.69) is 20.7 Å². The Bertz CT molecular complexity index is 2090. The molecule has 0 amide bonds. The van der Waals surface area contributed by atoms with E-state index < -0.39 is 15.5 Å². The van der Waals surface area contributed by atoms with Gasteiger partial charge in [-0.3, -0.25) is 4.85 Å². The van der Waals surface area contributed by atoms with Gasteiger partial charge in [0.25, 0.3) is 0 Å². The fraction of sp³-hybridized carbons (Fsp3) is 0.289. The summed E-state index contributed by atoms with van der Waals surface area (Å²) in [7, 11) is -0.132. The van der Waals surface area contributed by atoms with E-state index in [9.17, 15) is 8.42 Å². The zero-order valence-corrected chi connectivity index (χ0v) is 28.7. The van der Waals surface area contributed by atoms with Crippen molar-refractivity contribution < 1.29 is 17.9 Å². The van der Waals surface area contributed by atoms with Crippen LogP contribution in [0.2, 0.25) is 0 Å². The smallest absolute Gasteiger partial charge is 0.323 e. The fourth-order valence-corrected chi connectivity index (χ4v) is 8.14. The highest BCUT2D eigenvalue weighted by atomic mass is 32.2. The molecule has 3 heterocycles. The Hall–Kier alpha value is -5.18. The van der Waals surface area contributed by atoms with Crippen LogP contribution in [0.5, 0.6) is 11.5 Å². The maximum Gasteiger partial charge on any atom is 0.323 e. The van der Waals surface area contributed by atoms with Gasteiger partial charge >= 0.3 is 5.66 Å². The molecule has 7 rings (SSSR count). The molecular weight excluding hydrogens is 637 g/mol. The highest BCUT2D eigenvalue weighted by Gasteiger charge is 2.55. The predicted octanol–water partition coefficient (Wildman–Crippen LogP) is 5.89. The second-order valence-corrected chi connectivity index (χ2v) is 14.8. The lowest BCUT2D eigenvalue weighted by molar-refractivity contribution is 0.0813. The molecule has 4 aromatic carbocycles. The van der Waals surface area contributed by atoms with Crippen LogP contribution < -0.4 is 19.3 Å². The van der Waals surface area contributed by atoms with Gasteiger partial charge in [0.2, 0.25) is 5.95 Å². The minimum atomic E-state index is -3.44. The Morgan fingerprint density at radius 1 is 0.857 bits per heavy atom. The van der Waals surface area contributed by atoms with Crippen LogP contribution in [0.4, 0.5) is 11.8 Å². The van der Waals surface area contributed by atoms with Crippen LogP contribution in [0.1, 0.15) is 22.3 Å². The Kier molecular flexibility index (Phi) is 8.61. The van der Waals surface area contributed by atoms with E-state index in [1.54, 1.807) is 26.4 Å². The van der Waals surface area contributed by atoms with Crippen LogP contribution in [-0.4, -0.2) is 68.6 Å². The van der Waals surface area contributed by atoms with E-state index >= 15 is 0 Å². The van der Waals surface area contributed by atoms with Crippen molar-refractivity contribution in [2.24, 2.45) is 0 Å². The molecule has 0 unspecified atom stereocenters. The molecular formula is C38H38N6O4S. The summed E-state index contributed by atoms with van der Waals surface area (Å²) in [6.45, 7) is 13.2. The minimum absolute atomic E-state index is 0.0229. The first kappa shape index (κ1) is 32.4. The highest BCUT2D eigenvalue weighted by Crippen LogP contribution is 2.39. The number of anilines is 2. The third-order valence-electron chi connectivity index (χ3n) is 9.45. The molecule has 0 radical (unpaired) electrons. The summed E-state index contributed by atoms with van der Waals surface area (Å²) in [6.07, 6.45) is 0. The first-order valence-corrected chi connectivity index (χ1v) is 17.8. The van der Waals surface area contributed by atoms with Crippen LogP contribution in [-0.2, 0) is 29.5 Å². The van der Waals surface area contributed by atoms with Crippen molar-refractivity contribution in [3.8, 4) is 11.5 Å². The monoisotopic (exact) mass is 674 g/mol. The van der Waals surface area contributed by atoms with Crippen LogP contribution in [0.3, 0.4) is 0 Å². The Morgan fingerprint density at radius 2 is 1.49 bits per heavy atom. The highest BCUT2D eigenvalue weighted by molar-refractivity contribution is 7.91. The maximum absolute atomic E-state index is 13.1. The average Bonchev–Trinajstić information content (AvgIpc) is 3.24. The molecule has 0 N–H and O–H groups in total. The Labute approximate surface area is 287 Å². The number of ether oxygens (including phenoxy) is 2. The van der Waals surface area contributed by atoms with Crippen molar-refractivity contribution >= 4 is 32.5 Å². The molecule has 0 atom stereocenters. The van der Waals surface area contributed by atoms with Crippen molar-refractivity contribution in [3.05, 3.63) is 125 Å². The van der Waals surface area contributed by atoms with E-state index in [1.165, 1.54) is 0 Å². The van der Waals surface area contributed by atoms with E-state index in [0.717, 1.165) is 50.5 Å². The molecule has 5 aromatic rings. The summed E-state index contributed by atoms with van der Waals surface area (Å²) in [5, 5.41) is 0.905. The van der Waals surface area contributed by atoms with Crippen molar-refractivity contribution in [1.29, 1.82) is 0 Å². The quantitative estimate of drug-likeness (QED) is 0.178. The molecule has 0 spiro atoms. The molecule has 250 valence electrons. The zero-order chi connectivity index (χ0) is 34.2. The molecule has 49 heavy (non-hydrogen) atoms. The number of sulfone groups is 1. The number of hydrogen-bond donors (Lipinski definition) is 0. The number of aromatic nitrogens is 2. The SMILES string of the molecule is [C-]#[N+]C1(N(Cc2ccc(OC)cc2)Cc2ccc(OC)cc2)CN(c2nc(N3CCS(=O)(=O)c4ccccc4C3)nc3ccc(C)cc23)C1. The van der Waals surface area contributed by atoms with Gasteiger partial charge in [0, 0.05) is 31.6 Å². The van der Waals surface area contributed by atoms with Crippen LogP contribution in [0.15, 0.2) is 95.9 Å². The number of aryl methyl sites for hydroxylation is 1. The van der Waals surface area contributed by atoms with Gasteiger partial charge in [-0.25, -0.2) is 24.9 Å². The first-order valence-electron chi connectivity index (χ1n) is 16.2. The molecule has 11 heteroatoms. The molecule has 1 aromatic heterocycles. The largest absolute Gasteiger partial charge is 0.497 e. The molecule has 10 nitrogen and oxygen atoms in total. The molecule has 1 saturated heterocycles. The number of nitrogens with zero attached hydrogens (tertiary/aromatic N) is 6. The van der Waals surface area contributed by atoms with Crippen molar-refractivity contribution in [1.82, 2.24) is 14.9 Å². The molecule has 2 aliphatic rings. The van der Waals surface area contributed by atoms with Gasteiger partial charge in [0.05, 0.1) is 30.4 Å². The third-order valence-corrected chi connectivity index (χ3v) is 11.2. The Balaban J connectivity index is 1.23. The molecule has 1 fully saturated rings. The lowest BCUT2D eigenvalue weighted by atomic mass is 9.96. The van der Waals surface area contributed by atoms with E-state index in [4.69, 9.17) is 26.0 Å². The number of rotatable bonds is 9. The summed E-state index contributed by atoms with van der Waals surface area (Å²) in [5.41, 5.74) is 3.95. The van der Waals surface area contributed by atoms with Crippen LogP contribution in [0.25, 0.3) is 15.7 Å². The van der Waals surface area contributed by atoms with Gasteiger partial charge in [-0.2, -0.15) is 4.98 Å². The van der Waals surface area contributed by atoms with Crippen molar-refractivity contribution in [3.63, 3.8) is 0 Å². The van der Waals surface area contributed by atoms with Gasteiger partial charge in [-0.15, -0.1) is 0 Å². The summed E-state index contributed by atoms with van der Waals surface area (Å²) < 4.78 is 37.0. The summed E-state index contributed by atoms with van der Waals surface area (Å²) in [5.74, 6) is 2.77. The maximum atomic E-state index is 13.1. The normalized spacial score (nSPS) is 16.4. The van der Waals surface area contributed by atoms with Crippen molar-refractivity contribution in [2.75, 3.05) is 49.4 Å². The lowest BCUT2D eigenvalue weighted by Gasteiger charge is -2.47. The van der Waals surface area contributed by atoms with Crippen LogP contribution >= 0.6 is 0 Å². The molecule has 0 bridgehead atoms. The second-order valence-electron chi connectivity index (χ2n) is 12.7. The molecule has 2 aliphatic heterocycles. The number of methoxy groups -OCH3 is 2. The van der Waals surface area contributed by atoms with Gasteiger partial charge in [0.15, 0.2) is 9.84 Å². The first-order chi connectivity index (χ1) is 23.7. The summed E-state index contributed by atoms with van der Waals surface area (Å²) in [4.78, 5) is 21.1. The fourth-order valence-electron chi connectivity index (χ4n) is 6.64. The minimum Gasteiger partial charge on any atom is -0.497 e. The van der Waals surface area contributed by atoms with E-state index in [-0.39, 0.29) is 12.3 Å². The van der Waals surface area contributed by atoms with Gasteiger partial charge in [-0.1, -0.05) is 54.1 Å². The third kappa shape index (κ3) is 6.37. The van der Waals surface area contributed by atoms with Gasteiger partial charge in [0.1, 0.15) is 30.4 Å². The summed E-state index contributed by atoms with van der Waals surface area (Å²) in [6, 6.07) is 29.2.